The van der Waals surface area contributed by atoms with Gasteiger partial charge < -0.3 is 9.30 Å². The van der Waals surface area contributed by atoms with Crippen molar-refractivity contribution in [2.24, 2.45) is 0 Å². The second-order valence-corrected chi connectivity index (χ2v) is 6.19. The Kier molecular flexibility index (Phi) is 4.37. The number of hydrogen-bond acceptors (Lipinski definition) is 3. The fraction of sp³-hybridized carbons (Fsp3) is 0.444. The van der Waals surface area contributed by atoms with Crippen LogP contribution < -0.4 is 4.74 Å². The van der Waals surface area contributed by atoms with E-state index in [1.54, 1.807) is 7.11 Å². The van der Waals surface area contributed by atoms with Crippen LogP contribution >= 0.6 is 0 Å². The van der Waals surface area contributed by atoms with E-state index in [1.165, 1.54) is 5.56 Å². The number of aryl methyl sites for hydroxylation is 1. The van der Waals surface area contributed by atoms with Crippen LogP contribution in [0.5, 0.6) is 5.75 Å². The smallest absolute Gasteiger partial charge is 0.121 e. The summed E-state index contributed by atoms with van der Waals surface area (Å²) in [6, 6.07) is 6.02. The molecule has 3 aromatic rings. The van der Waals surface area contributed by atoms with Crippen LogP contribution in [0, 0.1) is 0 Å². The van der Waals surface area contributed by atoms with Crippen LogP contribution in [0.15, 0.2) is 30.6 Å². The van der Waals surface area contributed by atoms with Crippen LogP contribution in [0.25, 0.3) is 11.0 Å². The van der Waals surface area contributed by atoms with E-state index in [0.717, 1.165) is 35.4 Å². The van der Waals surface area contributed by atoms with Gasteiger partial charge in [0, 0.05) is 18.2 Å². The minimum absolute atomic E-state index is 0.346. The SMILES string of the molecule is CCCc1cnn(Cn2c(C(C)C)nc3ccc(OC)cc32)c1. The molecule has 23 heavy (non-hydrogen) atoms. The molecule has 0 aliphatic carbocycles. The van der Waals surface area contributed by atoms with Crippen LogP contribution in [0.3, 0.4) is 0 Å². The summed E-state index contributed by atoms with van der Waals surface area (Å²) in [7, 11) is 1.69. The third-order valence-corrected chi connectivity index (χ3v) is 4.01. The van der Waals surface area contributed by atoms with E-state index in [9.17, 15) is 0 Å². The maximum absolute atomic E-state index is 5.37. The molecule has 0 unspecified atom stereocenters. The summed E-state index contributed by atoms with van der Waals surface area (Å²) in [4.78, 5) is 4.79. The molecule has 0 aliphatic rings. The molecule has 5 heteroatoms. The average Bonchev–Trinajstić information content (AvgIpc) is 3.12. The predicted molar refractivity (Wildman–Crippen MR) is 92.0 cm³/mol. The summed E-state index contributed by atoms with van der Waals surface area (Å²) in [5.41, 5.74) is 3.36. The highest BCUT2D eigenvalue weighted by Crippen LogP contribution is 2.25. The van der Waals surface area contributed by atoms with Gasteiger partial charge in [-0.25, -0.2) is 4.98 Å². The molecule has 0 saturated heterocycles. The lowest BCUT2D eigenvalue weighted by atomic mass is 10.2. The van der Waals surface area contributed by atoms with Gasteiger partial charge in [0.05, 0.1) is 24.3 Å². The molecule has 0 N–H and O–H groups in total. The van der Waals surface area contributed by atoms with Crippen molar-refractivity contribution in [1.29, 1.82) is 0 Å². The molecule has 0 aliphatic heterocycles. The Morgan fingerprint density at radius 3 is 2.78 bits per heavy atom. The van der Waals surface area contributed by atoms with Crippen molar-refractivity contribution in [2.45, 2.75) is 46.2 Å². The molecule has 0 saturated carbocycles. The van der Waals surface area contributed by atoms with Crippen molar-refractivity contribution in [3.63, 3.8) is 0 Å². The van der Waals surface area contributed by atoms with Gasteiger partial charge in [0.25, 0.3) is 0 Å². The molecule has 1 aromatic carbocycles. The highest BCUT2D eigenvalue weighted by Gasteiger charge is 2.15. The van der Waals surface area contributed by atoms with Gasteiger partial charge in [-0.05, 0) is 24.1 Å². The predicted octanol–water partition coefficient (Wildman–Crippen LogP) is 3.82. The van der Waals surface area contributed by atoms with Gasteiger partial charge in [-0.3, -0.25) is 4.68 Å². The van der Waals surface area contributed by atoms with Crippen molar-refractivity contribution < 1.29 is 4.74 Å². The van der Waals surface area contributed by atoms with E-state index in [2.05, 4.69) is 36.6 Å². The summed E-state index contributed by atoms with van der Waals surface area (Å²) in [6.07, 6.45) is 6.28. The van der Waals surface area contributed by atoms with Crippen LogP contribution in [0.1, 0.15) is 44.5 Å². The number of imidazole rings is 1. The summed E-state index contributed by atoms with van der Waals surface area (Å²) < 4.78 is 9.58. The van der Waals surface area contributed by atoms with Gasteiger partial charge in [-0.15, -0.1) is 0 Å². The minimum Gasteiger partial charge on any atom is -0.497 e. The van der Waals surface area contributed by atoms with Gasteiger partial charge in [-0.1, -0.05) is 27.2 Å². The normalized spacial score (nSPS) is 11.5. The Labute approximate surface area is 136 Å². The van der Waals surface area contributed by atoms with Crippen molar-refractivity contribution in [1.82, 2.24) is 19.3 Å². The molecule has 2 aromatic heterocycles. The first-order valence-corrected chi connectivity index (χ1v) is 8.18. The maximum atomic E-state index is 5.37. The van der Waals surface area contributed by atoms with Crippen LogP contribution in [0.4, 0.5) is 0 Å². The molecule has 0 atom stereocenters. The lowest BCUT2D eigenvalue weighted by molar-refractivity contribution is 0.415. The lowest BCUT2D eigenvalue weighted by Gasteiger charge is -2.12. The third-order valence-electron chi connectivity index (χ3n) is 4.01. The molecule has 3 rings (SSSR count). The van der Waals surface area contributed by atoms with E-state index in [0.29, 0.717) is 12.6 Å². The van der Waals surface area contributed by atoms with E-state index in [1.807, 2.05) is 29.1 Å². The first kappa shape index (κ1) is 15.6. The van der Waals surface area contributed by atoms with E-state index in [-0.39, 0.29) is 0 Å². The van der Waals surface area contributed by atoms with Gasteiger partial charge in [0.15, 0.2) is 0 Å². The number of nitrogens with zero attached hydrogens (tertiary/aromatic N) is 4. The lowest BCUT2D eigenvalue weighted by Crippen LogP contribution is -2.12. The van der Waals surface area contributed by atoms with E-state index in [4.69, 9.17) is 9.72 Å². The Hall–Kier alpha value is -2.30. The zero-order valence-electron chi connectivity index (χ0n) is 14.3. The maximum Gasteiger partial charge on any atom is 0.121 e. The number of aromatic nitrogens is 4. The van der Waals surface area contributed by atoms with Crippen molar-refractivity contribution >= 4 is 11.0 Å². The van der Waals surface area contributed by atoms with Crippen LogP contribution in [0.2, 0.25) is 0 Å². The van der Waals surface area contributed by atoms with Gasteiger partial charge in [-0.2, -0.15) is 5.10 Å². The number of hydrogen-bond donors (Lipinski definition) is 0. The Morgan fingerprint density at radius 1 is 1.26 bits per heavy atom. The zero-order chi connectivity index (χ0) is 16.4. The topological polar surface area (TPSA) is 44.9 Å². The van der Waals surface area contributed by atoms with E-state index >= 15 is 0 Å². The summed E-state index contributed by atoms with van der Waals surface area (Å²) >= 11 is 0. The largest absolute Gasteiger partial charge is 0.497 e. The van der Waals surface area contributed by atoms with E-state index < -0.39 is 0 Å². The molecule has 2 heterocycles. The fourth-order valence-electron chi connectivity index (χ4n) is 2.88. The molecule has 0 radical (unpaired) electrons. The van der Waals surface area contributed by atoms with Crippen molar-refractivity contribution in [3.05, 3.63) is 42.0 Å². The number of ether oxygens (including phenoxy) is 1. The number of fused-ring (bicyclic) bond motifs is 1. The van der Waals surface area contributed by atoms with Crippen molar-refractivity contribution in [2.75, 3.05) is 7.11 Å². The molecular weight excluding hydrogens is 288 g/mol. The number of methoxy groups -OCH3 is 1. The number of rotatable bonds is 6. The van der Waals surface area contributed by atoms with Gasteiger partial charge in [0.2, 0.25) is 0 Å². The van der Waals surface area contributed by atoms with Crippen LogP contribution in [-0.2, 0) is 13.1 Å². The fourth-order valence-corrected chi connectivity index (χ4v) is 2.88. The highest BCUT2D eigenvalue weighted by atomic mass is 16.5. The molecule has 5 nitrogen and oxygen atoms in total. The average molecular weight is 312 g/mol. The summed E-state index contributed by atoms with van der Waals surface area (Å²) in [5, 5.41) is 4.50. The van der Waals surface area contributed by atoms with Gasteiger partial charge in [0.1, 0.15) is 18.2 Å². The second-order valence-electron chi connectivity index (χ2n) is 6.19. The number of benzene rings is 1. The molecule has 0 spiro atoms. The molecule has 122 valence electrons. The Bertz CT molecular complexity index is 801. The standard InChI is InChI=1S/C18H24N4O/c1-5-6-14-10-19-21(11-14)12-22-17-9-15(23-4)7-8-16(17)20-18(22)13(2)3/h7-11,13H,5-6,12H2,1-4H3. The quantitative estimate of drug-likeness (QED) is 0.695. The minimum atomic E-state index is 0.346. The van der Waals surface area contributed by atoms with Crippen molar-refractivity contribution in [3.8, 4) is 5.75 Å². The Balaban J connectivity index is 2.03. The summed E-state index contributed by atoms with van der Waals surface area (Å²) in [6.45, 7) is 7.19. The molecule has 0 fully saturated rings. The summed E-state index contributed by atoms with van der Waals surface area (Å²) in [5.74, 6) is 2.26. The third kappa shape index (κ3) is 3.09. The van der Waals surface area contributed by atoms with Gasteiger partial charge >= 0.3 is 0 Å². The van der Waals surface area contributed by atoms with Crippen LogP contribution in [-0.4, -0.2) is 26.4 Å². The Morgan fingerprint density at radius 2 is 2.09 bits per heavy atom. The molecular formula is C18H24N4O. The monoisotopic (exact) mass is 312 g/mol. The highest BCUT2D eigenvalue weighted by molar-refractivity contribution is 5.78. The first-order chi connectivity index (χ1) is 11.1. The second kappa shape index (κ2) is 6.44. The first-order valence-electron chi connectivity index (χ1n) is 8.18. The molecule has 0 amide bonds. The molecule has 0 bridgehead atoms. The zero-order valence-corrected chi connectivity index (χ0v) is 14.3.